The Bertz CT molecular complexity index is 555. The highest BCUT2D eigenvalue weighted by Gasteiger charge is 2.10. The van der Waals surface area contributed by atoms with Crippen molar-refractivity contribution < 1.29 is 4.39 Å². The molecule has 2 nitrogen and oxygen atoms in total. The van der Waals surface area contributed by atoms with E-state index in [-0.39, 0.29) is 11.1 Å². The summed E-state index contributed by atoms with van der Waals surface area (Å²) in [4.78, 5) is 4.36. The zero-order chi connectivity index (χ0) is 13.8. The second kappa shape index (κ2) is 6.13. The number of halogens is 2. The van der Waals surface area contributed by atoms with Crippen molar-refractivity contribution in [2.24, 2.45) is 5.73 Å². The van der Waals surface area contributed by atoms with E-state index in [0.717, 1.165) is 17.7 Å². The van der Waals surface area contributed by atoms with Crippen molar-refractivity contribution in [1.29, 1.82) is 0 Å². The van der Waals surface area contributed by atoms with Crippen LogP contribution in [0.4, 0.5) is 4.39 Å². The Balaban J connectivity index is 2.10. The molecule has 1 aromatic carbocycles. The minimum absolute atomic E-state index is 0.112. The maximum atomic E-state index is 13.4. The summed E-state index contributed by atoms with van der Waals surface area (Å²) >= 11 is 5.65. The molecule has 1 atom stereocenters. The zero-order valence-corrected chi connectivity index (χ0v) is 11.5. The van der Waals surface area contributed by atoms with Gasteiger partial charge in [-0.05, 0) is 35.7 Å². The molecule has 100 valence electrons. The SMILES string of the molecule is CCc1ccc(CC(N)c2ccc(Cl)c(F)c2)nc1. The summed E-state index contributed by atoms with van der Waals surface area (Å²) in [6.45, 7) is 2.08. The maximum Gasteiger partial charge on any atom is 0.142 e. The number of hydrogen-bond donors (Lipinski definition) is 1. The van der Waals surface area contributed by atoms with Crippen molar-refractivity contribution in [1.82, 2.24) is 4.98 Å². The summed E-state index contributed by atoms with van der Waals surface area (Å²) in [5.74, 6) is -0.441. The average Bonchev–Trinajstić information content (AvgIpc) is 2.42. The molecule has 0 amide bonds. The molecule has 19 heavy (non-hydrogen) atoms. The van der Waals surface area contributed by atoms with Crippen molar-refractivity contribution in [3.8, 4) is 0 Å². The number of aromatic nitrogens is 1. The normalized spacial score (nSPS) is 12.4. The Morgan fingerprint density at radius 1 is 1.32 bits per heavy atom. The van der Waals surface area contributed by atoms with Crippen LogP contribution in [0.1, 0.15) is 29.8 Å². The second-order valence-corrected chi connectivity index (χ2v) is 4.90. The quantitative estimate of drug-likeness (QED) is 0.927. The molecule has 0 aliphatic carbocycles. The Morgan fingerprint density at radius 2 is 2.11 bits per heavy atom. The molecule has 2 rings (SSSR count). The summed E-state index contributed by atoms with van der Waals surface area (Å²) in [6.07, 6.45) is 3.39. The fraction of sp³-hybridized carbons (Fsp3) is 0.267. The van der Waals surface area contributed by atoms with Gasteiger partial charge in [0, 0.05) is 24.4 Å². The third-order valence-corrected chi connectivity index (χ3v) is 3.40. The lowest BCUT2D eigenvalue weighted by Gasteiger charge is -2.12. The molecule has 0 aliphatic heterocycles. The third kappa shape index (κ3) is 3.52. The van der Waals surface area contributed by atoms with Gasteiger partial charge in [-0.25, -0.2) is 4.39 Å². The Kier molecular flexibility index (Phi) is 4.51. The molecule has 0 fully saturated rings. The van der Waals surface area contributed by atoms with Crippen LogP contribution in [0.25, 0.3) is 0 Å². The van der Waals surface area contributed by atoms with Gasteiger partial charge in [0.15, 0.2) is 0 Å². The number of pyridine rings is 1. The zero-order valence-electron chi connectivity index (χ0n) is 10.7. The molecule has 0 aliphatic rings. The summed E-state index contributed by atoms with van der Waals surface area (Å²) in [7, 11) is 0. The summed E-state index contributed by atoms with van der Waals surface area (Å²) in [6, 6.07) is 8.37. The molecule has 4 heteroatoms. The highest BCUT2D eigenvalue weighted by atomic mass is 35.5. The number of benzene rings is 1. The van der Waals surface area contributed by atoms with E-state index in [0.29, 0.717) is 6.42 Å². The summed E-state index contributed by atoms with van der Waals surface area (Å²) in [5.41, 5.74) is 8.88. The van der Waals surface area contributed by atoms with Crippen LogP contribution in [0.15, 0.2) is 36.5 Å². The van der Waals surface area contributed by atoms with Crippen LogP contribution in [0.2, 0.25) is 5.02 Å². The lowest BCUT2D eigenvalue weighted by Crippen LogP contribution is -2.14. The molecule has 2 aromatic rings. The van der Waals surface area contributed by atoms with E-state index >= 15 is 0 Å². The van der Waals surface area contributed by atoms with Gasteiger partial charge in [-0.15, -0.1) is 0 Å². The van der Waals surface area contributed by atoms with Gasteiger partial charge in [0.05, 0.1) is 5.02 Å². The van der Waals surface area contributed by atoms with E-state index in [2.05, 4.69) is 11.9 Å². The van der Waals surface area contributed by atoms with Gasteiger partial charge >= 0.3 is 0 Å². The Labute approximate surface area is 117 Å². The van der Waals surface area contributed by atoms with E-state index in [1.807, 2.05) is 18.3 Å². The minimum Gasteiger partial charge on any atom is -0.324 e. The molecule has 1 heterocycles. The minimum atomic E-state index is -0.441. The van der Waals surface area contributed by atoms with Crippen molar-refractivity contribution >= 4 is 11.6 Å². The number of nitrogens with zero attached hydrogens (tertiary/aromatic N) is 1. The first-order valence-corrected chi connectivity index (χ1v) is 6.62. The van der Waals surface area contributed by atoms with E-state index in [1.165, 1.54) is 17.7 Å². The molecule has 0 spiro atoms. The van der Waals surface area contributed by atoms with Crippen molar-refractivity contribution in [2.45, 2.75) is 25.8 Å². The number of aryl methyl sites for hydroxylation is 1. The van der Waals surface area contributed by atoms with Gasteiger partial charge < -0.3 is 5.73 Å². The van der Waals surface area contributed by atoms with Crippen LogP contribution >= 0.6 is 11.6 Å². The van der Waals surface area contributed by atoms with Gasteiger partial charge in [-0.2, -0.15) is 0 Å². The van der Waals surface area contributed by atoms with E-state index in [4.69, 9.17) is 17.3 Å². The van der Waals surface area contributed by atoms with Gasteiger partial charge in [-0.3, -0.25) is 4.98 Å². The standard InChI is InChI=1S/C15H16ClFN2/c1-2-10-3-5-12(19-9-10)8-15(18)11-4-6-13(16)14(17)7-11/h3-7,9,15H,2,8,18H2,1H3. The van der Waals surface area contributed by atoms with Crippen molar-refractivity contribution in [2.75, 3.05) is 0 Å². The first-order valence-electron chi connectivity index (χ1n) is 6.24. The first kappa shape index (κ1) is 14.0. The molecular formula is C15H16ClFN2. The van der Waals surface area contributed by atoms with Gasteiger partial charge in [0.25, 0.3) is 0 Å². The van der Waals surface area contributed by atoms with Crippen molar-refractivity contribution in [3.05, 3.63) is 64.2 Å². The molecule has 0 radical (unpaired) electrons. The maximum absolute atomic E-state index is 13.4. The van der Waals surface area contributed by atoms with E-state index in [9.17, 15) is 4.39 Å². The van der Waals surface area contributed by atoms with Crippen molar-refractivity contribution in [3.63, 3.8) is 0 Å². The van der Waals surface area contributed by atoms with Gasteiger partial charge in [-0.1, -0.05) is 30.7 Å². The van der Waals surface area contributed by atoms with Gasteiger partial charge in [0.2, 0.25) is 0 Å². The lowest BCUT2D eigenvalue weighted by atomic mass is 10.0. The first-order chi connectivity index (χ1) is 9.10. The van der Waals surface area contributed by atoms with Crippen LogP contribution in [-0.2, 0) is 12.8 Å². The molecule has 2 N–H and O–H groups in total. The molecule has 0 saturated heterocycles. The number of hydrogen-bond acceptors (Lipinski definition) is 2. The molecule has 1 aromatic heterocycles. The largest absolute Gasteiger partial charge is 0.324 e. The number of rotatable bonds is 4. The summed E-state index contributed by atoms with van der Waals surface area (Å²) in [5, 5.41) is 0.112. The van der Waals surface area contributed by atoms with Crippen LogP contribution in [-0.4, -0.2) is 4.98 Å². The van der Waals surface area contributed by atoms with E-state index in [1.54, 1.807) is 6.07 Å². The van der Waals surface area contributed by atoms with E-state index < -0.39 is 5.82 Å². The molecule has 0 bridgehead atoms. The molecular weight excluding hydrogens is 263 g/mol. The summed E-state index contributed by atoms with van der Waals surface area (Å²) < 4.78 is 13.4. The van der Waals surface area contributed by atoms with Crippen LogP contribution in [0.5, 0.6) is 0 Å². The Morgan fingerprint density at radius 3 is 2.68 bits per heavy atom. The fourth-order valence-electron chi connectivity index (χ4n) is 1.87. The third-order valence-electron chi connectivity index (χ3n) is 3.10. The number of nitrogens with two attached hydrogens (primary N) is 1. The smallest absolute Gasteiger partial charge is 0.142 e. The lowest BCUT2D eigenvalue weighted by molar-refractivity contribution is 0.618. The van der Waals surface area contributed by atoms with Crippen LogP contribution < -0.4 is 5.73 Å². The van der Waals surface area contributed by atoms with Crippen LogP contribution in [0.3, 0.4) is 0 Å². The topological polar surface area (TPSA) is 38.9 Å². The highest BCUT2D eigenvalue weighted by molar-refractivity contribution is 6.30. The second-order valence-electron chi connectivity index (χ2n) is 4.50. The average molecular weight is 279 g/mol. The fourth-order valence-corrected chi connectivity index (χ4v) is 1.99. The Hall–Kier alpha value is -1.45. The molecule has 1 unspecified atom stereocenters. The molecule has 0 saturated carbocycles. The monoisotopic (exact) mass is 278 g/mol. The predicted molar refractivity (Wildman–Crippen MR) is 75.7 cm³/mol. The van der Waals surface area contributed by atoms with Crippen LogP contribution in [0, 0.1) is 5.82 Å². The highest BCUT2D eigenvalue weighted by Crippen LogP contribution is 2.21. The predicted octanol–water partition coefficient (Wildman–Crippen LogP) is 3.68. The van der Waals surface area contributed by atoms with Gasteiger partial charge in [0.1, 0.15) is 5.82 Å².